The van der Waals surface area contributed by atoms with Crippen molar-refractivity contribution in [1.82, 2.24) is 10.2 Å². The maximum absolute atomic E-state index is 10.7. The minimum atomic E-state index is 0.102. The first-order chi connectivity index (χ1) is 9.58. The number of benzene rings is 1. The largest absolute Gasteiger partial charge is 0.390 e. The van der Waals surface area contributed by atoms with Crippen LogP contribution in [0.4, 0.5) is 0 Å². The number of aldehydes is 1. The molecule has 0 radical (unpaired) electrons. The molecule has 0 bridgehead atoms. The van der Waals surface area contributed by atoms with Crippen LogP contribution in [0, 0.1) is 6.92 Å². The summed E-state index contributed by atoms with van der Waals surface area (Å²) in [7, 11) is 1.87. The van der Waals surface area contributed by atoms with Gasteiger partial charge < -0.3 is 15.0 Å². The smallest absolute Gasteiger partial charge is 0.120 e. The summed E-state index contributed by atoms with van der Waals surface area (Å²) in [6.45, 7) is 11.2. The minimum Gasteiger partial charge on any atom is -0.390 e. The number of carbonyl (C=O) groups is 1. The van der Waals surface area contributed by atoms with Crippen LogP contribution in [-0.4, -0.2) is 24.3 Å². The van der Waals surface area contributed by atoms with Crippen LogP contribution in [0.2, 0.25) is 0 Å². The molecular weight excluding hydrogens is 248 g/mol. The Morgan fingerprint density at radius 1 is 1.55 bits per heavy atom. The lowest BCUT2D eigenvalue weighted by Crippen LogP contribution is -2.35. The molecule has 3 nitrogen and oxygen atoms in total. The van der Waals surface area contributed by atoms with Crippen molar-refractivity contribution in [3.8, 4) is 0 Å². The highest BCUT2D eigenvalue weighted by Crippen LogP contribution is 2.35. The van der Waals surface area contributed by atoms with Crippen molar-refractivity contribution in [2.24, 2.45) is 0 Å². The predicted octanol–water partition coefficient (Wildman–Crippen LogP) is 2.86. The van der Waals surface area contributed by atoms with Gasteiger partial charge in [-0.1, -0.05) is 36.9 Å². The van der Waals surface area contributed by atoms with Gasteiger partial charge in [-0.15, -0.1) is 0 Å². The van der Waals surface area contributed by atoms with Crippen molar-refractivity contribution in [2.75, 3.05) is 7.05 Å². The Bertz CT molecular complexity index is 548. The Morgan fingerprint density at radius 2 is 2.30 bits per heavy atom. The Hall–Kier alpha value is -2.03. The Labute approximate surface area is 121 Å². The molecule has 1 atom stereocenters. The van der Waals surface area contributed by atoms with Crippen LogP contribution in [0.25, 0.3) is 5.70 Å². The second kappa shape index (κ2) is 5.95. The van der Waals surface area contributed by atoms with Crippen molar-refractivity contribution >= 4 is 12.0 Å². The molecule has 20 heavy (non-hydrogen) atoms. The van der Waals surface area contributed by atoms with Gasteiger partial charge in [-0.25, -0.2) is 0 Å². The second-order valence-electron chi connectivity index (χ2n) is 5.27. The summed E-state index contributed by atoms with van der Waals surface area (Å²) < 4.78 is 0. The zero-order valence-electron chi connectivity index (χ0n) is 12.3. The lowest BCUT2D eigenvalue weighted by molar-refractivity contribution is -0.108. The number of nitrogens with zero attached hydrogens (tertiary/aromatic N) is 1. The van der Waals surface area contributed by atoms with Crippen molar-refractivity contribution in [3.63, 3.8) is 0 Å². The van der Waals surface area contributed by atoms with Crippen LogP contribution >= 0.6 is 0 Å². The van der Waals surface area contributed by atoms with E-state index >= 15 is 0 Å². The van der Waals surface area contributed by atoms with Crippen molar-refractivity contribution in [3.05, 3.63) is 53.7 Å². The van der Waals surface area contributed by atoms with Gasteiger partial charge >= 0.3 is 0 Å². The minimum absolute atomic E-state index is 0.102. The third-order valence-corrected chi connectivity index (χ3v) is 3.92. The molecule has 106 valence electrons. The summed E-state index contributed by atoms with van der Waals surface area (Å²) in [5.74, 6) is 0. The van der Waals surface area contributed by atoms with Gasteiger partial charge in [-0.05, 0) is 18.9 Å². The van der Waals surface area contributed by atoms with Crippen LogP contribution in [-0.2, 0) is 11.3 Å². The molecule has 1 N–H and O–H groups in total. The van der Waals surface area contributed by atoms with E-state index in [1.54, 1.807) is 0 Å². The lowest BCUT2D eigenvalue weighted by Gasteiger charge is -2.31. The molecule has 0 aromatic heterocycles. The van der Waals surface area contributed by atoms with Gasteiger partial charge in [-0.2, -0.15) is 0 Å². The molecule has 1 aliphatic rings. The number of nitrogens with one attached hydrogen (secondary N) is 1. The maximum atomic E-state index is 10.7. The van der Waals surface area contributed by atoms with Crippen LogP contribution in [0.1, 0.15) is 29.5 Å². The summed E-state index contributed by atoms with van der Waals surface area (Å²) in [6.07, 6.45) is 2.26. The normalized spacial score (nSPS) is 14.9. The van der Waals surface area contributed by atoms with E-state index < -0.39 is 0 Å². The SMILES string of the molecule is C=C(NC)C(CCC=O)N1Cc2cc(C)ccc2C1=C. The number of fused-ring (bicyclic) bond motifs is 1. The number of aryl methyl sites for hydroxylation is 1. The highest BCUT2D eigenvalue weighted by molar-refractivity contribution is 5.70. The molecule has 0 aliphatic carbocycles. The topological polar surface area (TPSA) is 32.3 Å². The predicted molar refractivity (Wildman–Crippen MR) is 83.0 cm³/mol. The lowest BCUT2D eigenvalue weighted by atomic mass is 10.1. The Balaban J connectivity index is 2.26. The highest BCUT2D eigenvalue weighted by Gasteiger charge is 2.29. The Kier molecular flexibility index (Phi) is 4.28. The van der Waals surface area contributed by atoms with E-state index in [2.05, 4.69) is 48.5 Å². The fourth-order valence-electron chi connectivity index (χ4n) is 2.78. The molecule has 0 saturated carbocycles. The first-order valence-corrected chi connectivity index (χ1v) is 6.94. The van der Waals surface area contributed by atoms with Crippen LogP contribution in [0.5, 0.6) is 0 Å². The molecule has 0 fully saturated rings. The summed E-state index contributed by atoms with van der Waals surface area (Å²) >= 11 is 0. The first-order valence-electron chi connectivity index (χ1n) is 6.94. The maximum Gasteiger partial charge on any atom is 0.120 e. The van der Waals surface area contributed by atoms with E-state index in [1.165, 1.54) is 16.7 Å². The molecule has 1 aromatic carbocycles. The molecule has 1 aromatic rings. The number of hydrogen-bond acceptors (Lipinski definition) is 3. The summed E-state index contributed by atoms with van der Waals surface area (Å²) in [5.41, 5.74) is 5.71. The van der Waals surface area contributed by atoms with E-state index in [-0.39, 0.29) is 6.04 Å². The molecule has 1 aliphatic heterocycles. The van der Waals surface area contributed by atoms with E-state index in [1.807, 2.05) is 7.05 Å². The summed E-state index contributed by atoms with van der Waals surface area (Å²) in [5, 5.41) is 3.12. The molecule has 3 heteroatoms. The van der Waals surface area contributed by atoms with Crippen LogP contribution < -0.4 is 5.32 Å². The number of carbonyl (C=O) groups excluding carboxylic acids is 1. The van der Waals surface area contributed by atoms with E-state index in [9.17, 15) is 4.79 Å². The van der Waals surface area contributed by atoms with E-state index in [0.717, 1.165) is 30.6 Å². The number of likely N-dealkylation sites (N-methyl/N-ethyl adjacent to an activating group) is 1. The summed E-state index contributed by atoms with van der Waals surface area (Å²) in [6, 6.07) is 6.55. The first kappa shape index (κ1) is 14.4. The molecule has 0 spiro atoms. The molecule has 2 rings (SSSR count). The van der Waals surface area contributed by atoms with Gasteiger partial charge in [0.05, 0.1) is 6.04 Å². The zero-order valence-corrected chi connectivity index (χ0v) is 12.3. The molecule has 1 unspecified atom stereocenters. The van der Waals surface area contributed by atoms with Crippen molar-refractivity contribution < 1.29 is 4.79 Å². The summed E-state index contributed by atoms with van der Waals surface area (Å²) in [4.78, 5) is 12.9. The average Bonchev–Trinajstić information content (AvgIpc) is 2.75. The van der Waals surface area contributed by atoms with Gasteiger partial charge in [0.15, 0.2) is 0 Å². The molecule has 0 amide bonds. The van der Waals surface area contributed by atoms with Gasteiger partial charge in [0.2, 0.25) is 0 Å². The molecule has 0 saturated heterocycles. The van der Waals surface area contributed by atoms with Gasteiger partial charge in [0, 0.05) is 37.0 Å². The number of hydrogen-bond donors (Lipinski definition) is 1. The van der Waals surface area contributed by atoms with Gasteiger partial charge in [-0.3, -0.25) is 0 Å². The van der Waals surface area contributed by atoms with Gasteiger partial charge in [0.25, 0.3) is 0 Å². The zero-order chi connectivity index (χ0) is 14.7. The second-order valence-corrected chi connectivity index (χ2v) is 5.27. The van der Waals surface area contributed by atoms with Crippen molar-refractivity contribution in [2.45, 2.75) is 32.4 Å². The quantitative estimate of drug-likeness (QED) is 0.807. The molecular formula is C17H22N2O. The Morgan fingerprint density at radius 3 is 2.95 bits per heavy atom. The standard InChI is InChI=1S/C17H22N2O/c1-12-7-8-16-14(3)19(11-15(16)10-12)17(6-5-9-20)13(2)18-4/h7-10,17-18H,2-3,5-6,11H2,1,4H3. The fourth-order valence-corrected chi connectivity index (χ4v) is 2.78. The van der Waals surface area contributed by atoms with Crippen LogP contribution in [0.3, 0.4) is 0 Å². The average molecular weight is 270 g/mol. The third-order valence-electron chi connectivity index (χ3n) is 3.92. The van der Waals surface area contributed by atoms with E-state index in [0.29, 0.717) is 6.42 Å². The molecule has 1 heterocycles. The van der Waals surface area contributed by atoms with E-state index in [4.69, 9.17) is 0 Å². The highest BCUT2D eigenvalue weighted by atomic mass is 16.1. The monoisotopic (exact) mass is 270 g/mol. The third kappa shape index (κ3) is 2.62. The fraction of sp³-hybridized carbons (Fsp3) is 0.353. The number of rotatable bonds is 6. The van der Waals surface area contributed by atoms with Crippen LogP contribution in [0.15, 0.2) is 37.1 Å². The van der Waals surface area contributed by atoms with Gasteiger partial charge in [0.1, 0.15) is 6.29 Å². The van der Waals surface area contributed by atoms with Crippen molar-refractivity contribution in [1.29, 1.82) is 0 Å².